The minimum Gasteiger partial charge on any atom is -0.467 e. The summed E-state index contributed by atoms with van der Waals surface area (Å²) in [4.78, 5) is 51.2. The summed E-state index contributed by atoms with van der Waals surface area (Å²) in [6.45, 7) is 10.2. The van der Waals surface area contributed by atoms with Crippen LogP contribution in [0.2, 0.25) is 0 Å². The molecule has 3 amide bonds. The molecular formula is C20H33N3O6. The van der Waals surface area contributed by atoms with Gasteiger partial charge in [0.1, 0.15) is 17.7 Å². The minimum atomic E-state index is -0.953. The number of carbonyl (C=O) groups excluding carboxylic acids is 4. The molecule has 0 saturated carbocycles. The maximum atomic E-state index is 13.0. The Morgan fingerprint density at radius 2 is 1.97 bits per heavy atom. The molecule has 164 valence electrons. The fourth-order valence-corrected chi connectivity index (χ4v) is 3.79. The molecule has 9 nitrogen and oxygen atoms in total. The van der Waals surface area contributed by atoms with E-state index < -0.39 is 35.7 Å². The lowest BCUT2D eigenvalue weighted by molar-refractivity contribution is -0.146. The van der Waals surface area contributed by atoms with Gasteiger partial charge in [-0.25, -0.2) is 9.59 Å². The van der Waals surface area contributed by atoms with Crippen molar-refractivity contribution in [2.75, 3.05) is 20.2 Å². The first-order chi connectivity index (χ1) is 13.3. The van der Waals surface area contributed by atoms with Gasteiger partial charge in [0.2, 0.25) is 11.8 Å². The molecule has 29 heavy (non-hydrogen) atoms. The Kier molecular flexibility index (Phi) is 6.80. The number of esters is 1. The molecule has 2 rings (SSSR count). The van der Waals surface area contributed by atoms with Gasteiger partial charge in [0.05, 0.1) is 7.11 Å². The van der Waals surface area contributed by atoms with Gasteiger partial charge >= 0.3 is 12.1 Å². The summed E-state index contributed by atoms with van der Waals surface area (Å²) in [5.41, 5.74) is -0.958. The highest BCUT2D eigenvalue weighted by Gasteiger charge is 2.46. The lowest BCUT2D eigenvalue weighted by Crippen LogP contribution is -2.52. The first-order valence-electron chi connectivity index (χ1n) is 9.98. The average molecular weight is 411 g/mol. The second-order valence-corrected chi connectivity index (χ2v) is 9.59. The number of hydrogen-bond donors (Lipinski definition) is 2. The van der Waals surface area contributed by atoms with E-state index in [9.17, 15) is 19.2 Å². The van der Waals surface area contributed by atoms with Crippen LogP contribution in [0.1, 0.15) is 53.9 Å². The molecule has 0 aromatic carbocycles. The van der Waals surface area contributed by atoms with Crippen molar-refractivity contribution in [1.82, 2.24) is 15.5 Å². The first-order valence-corrected chi connectivity index (χ1v) is 9.98. The van der Waals surface area contributed by atoms with Crippen LogP contribution >= 0.6 is 0 Å². The van der Waals surface area contributed by atoms with Crippen molar-refractivity contribution in [3.63, 3.8) is 0 Å². The third-order valence-electron chi connectivity index (χ3n) is 5.14. The van der Waals surface area contributed by atoms with Gasteiger partial charge in [-0.15, -0.1) is 0 Å². The summed E-state index contributed by atoms with van der Waals surface area (Å²) in [6.07, 6.45) is 0.638. The molecule has 0 aromatic rings. The number of rotatable bonds is 5. The summed E-state index contributed by atoms with van der Waals surface area (Å²) in [7, 11) is 1.24. The van der Waals surface area contributed by atoms with E-state index in [0.717, 1.165) is 0 Å². The Bertz CT molecular complexity index is 670. The Balaban J connectivity index is 2.13. The third kappa shape index (κ3) is 6.08. The summed E-state index contributed by atoms with van der Waals surface area (Å²) in [5, 5.41) is 5.42. The summed E-state index contributed by atoms with van der Waals surface area (Å²) >= 11 is 0. The van der Waals surface area contributed by atoms with Crippen molar-refractivity contribution in [2.24, 2.45) is 11.3 Å². The first kappa shape index (κ1) is 23.0. The lowest BCUT2D eigenvalue weighted by atomic mass is 9.90. The fraction of sp³-hybridized carbons (Fsp3) is 0.800. The number of ether oxygens (including phenoxy) is 2. The smallest absolute Gasteiger partial charge is 0.410 e. The Morgan fingerprint density at radius 1 is 1.31 bits per heavy atom. The van der Waals surface area contributed by atoms with E-state index in [1.165, 1.54) is 12.0 Å². The molecule has 9 heteroatoms. The van der Waals surface area contributed by atoms with Crippen molar-refractivity contribution in [3.05, 3.63) is 0 Å². The second-order valence-electron chi connectivity index (χ2n) is 9.59. The van der Waals surface area contributed by atoms with Gasteiger partial charge in [-0.3, -0.25) is 14.5 Å². The van der Waals surface area contributed by atoms with Crippen molar-refractivity contribution in [2.45, 2.75) is 71.6 Å². The summed E-state index contributed by atoms with van der Waals surface area (Å²) in [5.74, 6) is -1.55. The second kappa shape index (κ2) is 8.59. The highest BCUT2D eigenvalue weighted by atomic mass is 16.6. The molecule has 2 aliphatic rings. The molecule has 2 aliphatic heterocycles. The van der Waals surface area contributed by atoms with E-state index in [1.807, 2.05) is 13.8 Å². The number of amides is 3. The van der Waals surface area contributed by atoms with Gasteiger partial charge in [-0.05, 0) is 45.4 Å². The van der Waals surface area contributed by atoms with Crippen LogP contribution in [0.15, 0.2) is 0 Å². The number of hydrogen-bond acceptors (Lipinski definition) is 6. The van der Waals surface area contributed by atoms with Crippen LogP contribution in [-0.4, -0.2) is 66.7 Å². The van der Waals surface area contributed by atoms with E-state index in [2.05, 4.69) is 10.6 Å². The molecule has 0 bridgehead atoms. The topological polar surface area (TPSA) is 114 Å². The molecule has 1 unspecified atom stereocenters. The predicted octanol–water partition coefficient (Wildman–Crippen LogP) is 1.21. The lowest BCUT2D eigenvalue weighted by Gasteiger charge is -2.29. The number of likely N-dealkylation sites (tertiary alicyclic amines) is 1. The molecule has 0 radical (unpaired) electrons. The molecule has 3 atom stereocenters. The number of nitrogens with one attached hydrogen (secondary N) is 2. The van der Waals surface area contributed by atoms with Crippen molar-refractivity contribution in [3.8, 4) is 0 Å². The maximum absolute atomic E-state index is 13.0. The molecule has 0 aromatic heterocycles. The van der Waals surface area contributed by atoms with Crippen molar-refractivity contribution >= 4 is 23.9 Å². The quantitative estimate of drug-likeness (QED) is 0.657. The molecule has 2 N–H and O–H groups in total. The zero-order valence-corrected chi connectivity index (χ0v) is 18.2. The third-order valence-corrected chi connectivity index (χ3v) is 5.14. The van der Waals surface area contributed by atoms with Crippen LogP contribution in [0.25, 0.3) is 0 Å². The number of methoxy groups -OCH3 is 1. The standard InChI is InChI=1S/C20H33N3O6/c1-19(2,3)29-18(27)23-11-20(4,5)10-14(23)16(25)22-13(17(26)28-6)9-12-7-8-21-15(12)24/h12-14H,7-11H2,1-6H3,(H,21,24)(H,22,25)/t12-,13?,14-/m0/s1. The monoisotopic (exact) mass is 411 g/mol. The van der Waals surface area contributed by atoms with Gasteiger partial charge in [-0.1, -0.05) is 13.8 Å². The Hall–Kier alpha value is -2.32. The predicted molar refractivity (Wildman–Crippen MR) is 105 cm³/mol. The van der Waals surface area contributed by atoms with E-state index in [-0.39, 0.29) is 23.7 Å². The molecule has 0 aliphatic carbocycles. The van der Waals surface area contributed by atoms with Crippen LogP contribution in [0.4, 0.5) is 4.79 Å². The van der Waals surface area contributed by atoms with E-state index in [4.69, 9.17) is 9.47 Å². The number of nitrogens with zero attached hydrogens (tertiary/aromatic N) is 1. The normalized spacial score (nSPS) is 24.6. The Labute approximate surface area is 171 Å². The molecular weight excluding hydrogens is 378 g/mol. The Morgan fingerprint density at radius 3 is 2.48 bits per heavy atom. The molecule has 2 fully saturated rings. The van der Waals surface area contributed by atoms with Gasteiger partial charge in [0, 0.05) is 19.0 Å². The van der Waals surface area contributed by atoms with Crippen molar-refractivity contribution < 1.29 is 28.7 Å². The van der Waals surface area contributed by atoms with Crippen LogP contribution < -0.4 is 10.6 Å². The van der Waals surface area contributed by atoms with Crippen molar-refractivity contribution in [1.29, 1.82) is 0 Å². The highest BCUT2D eigenvalue weighted by Crippen LogP contribution is 2.35. The van der Waals surface area contributed by atoms with Gasteiger partial charge in [0.25, 0.3) is 0 Å². The van der Waals surface area contributed by atoms with E-state index >= 15 is 0 Å². The van der Waals surface area contributed by atoms with Crippen LogP contribution in [0, 0.1) is 11.3 Å². The molecule has 0 spiro atoms. The molecule has 2 heterocycles. The highest BCUT2D eigenvalue weighted by molar-refractivity contribution is 5.90. The average Bonchev–Trinajstić information content (AvgIpc) is 3.14. The number of carbonyl (C=O) groups is 4. The van der Waals surface area contributed by atoms with Gasteiger partial charge in [-0.2, -0.15) is 0 Å². The SMILES string of the molecule is COC(=O)C(C[C@@H]1CCNC1=O)NC(=O)[C@@H]1CC(C)(C)CN1C(=O)OC(C)(C)C. The fourth-order valence-electron chi connectivity index (χ4n) is 3.79. The summed E-state index contributed by atoms with van der Waals surface area (Å²) in [6, 6.07) is -1.71. The maximum Gasteiger partial charge on any atom is 0.410 e. The largest absolute Gasteiger partial charge is 0.467 e. The zero-order chi connectivity index (χ0) is 22.0. The summed E-state index contributed by atoms with van der Waals surface area (Å²) < 4.78 is 10.3. The van der Waals surface area contributed by atoms with Gasteiger partial charge < -0.3 is 20.1 Å². The zero-order valence-electron chi connectivity index (χ0n) is 18.2. The molecule has 2 saturated heterocycles. The van der Waals surface area contributed by atoms with E-state index in [1.54, 1.807) is 20.8 Å². The van der Waals surface area contributed by atoms with Gasteiger partial charge in [0.15, 0.2) is 0 Å². The van der Waals surface area contributed by atoms with Crippen LogP contribution in [0.3, 0.4) is 0 Å². The van der Waals surface area contributed by atoms with E-state index in [0.29, 0.717) is 25.9 Å². The van der Waals surface area contributed by atoms with Crippen LogP contribution in [0.5, 0.6) is 0 Å². The van der Waals surface area contributed by atoms with Crippen LogP contribution in [-0.2, 0) is 23.9 Å². The minimum absolute atomic E-state index is 0.134.